The third kappa shape index (κ3) is 2.76. The maximum absolute atomic E-state index is 12.1. The smallest absolute Gasteiger partial charge is 0.241 e. The molecule has 0 aliphatic heterocycles. The van der Waals surface area contributed by atoms with E-state index in [9.17, 15) is 4.79 Å². The average molecular weight is 286 g/mol. The third-order valence-electron chi connectivity index (χ3n) is 3.68. The summed E-state index contributed by atoms with van der Waals surface area (Å²) in [6, 6.07) is 11.1. The Labute approximate surface area is 122 Å². The molecule has 1 heterocycles. The first-order valence-electron chi connectivity index (χ1n) is 6.93. The van der Waals surface area contributed by atoms with Gasteiger partial charge in [-0.3, -0.25) is 4.79 Å². The average Bonchev–Trinajstić information content (AvgIpc) is 3.06. The number of hydrogen-bond acceptors (Lipinski definition) is 3. The predicted molar refractivity (Wildman–Crippen MR) is 81.6 cm³/mol. The van der Waals surface area contributed by atoms with E-state index in [2.05, 4.69) is 11.4 Å². The fourth-order valence-electron chi connectivity index (χ4n) is 2.57. The van der Waals surface area contributed by atoms with Crippen LogP contribution < -0.4 is 11.1 Å². The van der Waals surface area contributed by atoms with Crippen molar-refractivity contribution in [2.24, 2.45) is 5.73 Å². The molecule has 2 aromatic rings. The lowest BCUT2D eigenvalue weighted by molar-refractivity contribution is -0.122. The van der Waals surface area contributed by atoms with Gasteiger partial charge in [0.1, 0.15) is 6.04 Å². The van der Waals surface area contributed by atoms with Crippen LogP contribution in [-0.4, -0.2) is 5.91 Å². The molecule has 1 atom stereocenters. The summed E-state index contributed by atoms with van der Waals surface area (Å²) >= 11 is 1.82. The maximum Gasteiger partial charge on any atom is 0.241 e. The van der Waals surface area contributed by atoms with Gasteiger partial charge in [0.05, 0.1) is 6.54 Å². The molecule has 1 aliphatic carbocycles. The second-order valence-corrected chi connectivity index (χ2v) is 6.34. The van der Waals surface area contributed by atoms with Gasteiger partial charge in [-0.15, -0.1) is 11.3 Å². The minimum Gasteiger partial charge on any atom is -0.350 e. The van der Waals surface area contributed by atoms with Crippen LogP contribution in [0.5, 0.6) is 0 Å². The zero-order valence-electron chi connectivity index (χ0n) is 11.3. The molecule has 0 spiro atoms. The molecule has 3 rings (SSSR count). The molecule has 0 unspecified atom stereocenters. The quantitative estimate of drug-likeness (QED) is 0.907. The molecule has 1 aromatic carbocycles. The van der Waals surface area contributed by atoms with Gasteiger partial charge in [0.2, 0.25) is 5.91 Å². The Kier molecular flexibility index (Phi) is 3.85. The van der Waals surface area contributed by atoms with Crippen molar-refractivity contribution in [1.29, 1.82) is 0 Å². The molecular weight excluding hydrogens is 268 g/mol. The van der Waals surface area contributed by atoms with E-state index in [-0.39, 0.29) is 5.91 Å². The summed E-state index contributed by atoms with van der Waals surface area (Å²) in [7, 11) is 0. The van der Waals surface area contributed by atoms with E-state index < -0.39 is 6.04 Å². The van der Waals surface area contributed by atoms with E-state index in [1.54, 1.807) is 0 Å². The van der Waals surface area contributed by atoms with Gasteiger partial charge in [0.15, 0.2) is 0 Å². The number of carbonyl (C=O) groups excluding carboxylic acids is 1. The van der Waals surface area contributed by atoms with Gasteiger partial charge >= 0.3 is 0 Å². The maximum atomic E-state index is 12.1. The summed E-state index contributed by atoms with van der Waals surface area (Å²) in [5.41, 5.74) is 8.28. The highest BCUT2D eigenvalue weighted by Gasteiger charge is 2.17. The molecule has 0 fully saturated rings. The van der Waals surface area contributed by atoms with E-state index >= 15 is 0 Å². The van der Waals surface area contributed by atoms with Crippen molar-refractivity contribution in [2.45, 2.75) is 31.8 Å². The minimum absolute atomic E-state index is 0.121. The lowest BCUT2D eigenvalue weighted by Crippen LogP contribution is -2.33. The number of nitrogens with one attached hydrogen (secondary N) is 1. The van der Waals surface area contributed by atoms with Gasteiger partial charge in [-0.2, -0.15) is 0 Å². The largest absolute Gasteiger partial charge is 0.350 e. The fraction of sp³-hybridized carbons (Fsp3) is 0.312. The molecule has 104 valence electrons. The van der Waals surface area contributed by atoms with Gasteiger partial charge in [-0.25, -0.2) is 0 Å². The van der Waals surface area contributed by atoms with Crippen molar-refractivity contribution < 1.29 is 4.79 Å². The summed E-state index contributed by atoms with van der Waals surface area (Å²) in [4.78, 5) is 14.8. The fourth-order valence-corrected chi connectivity index (χ4v) is 3.77. The number of nitrogens with two attached hydrogens (primary N) is 1. The Morgan fingerprint density at radius 3 is 2.85 bits per heavy atom. The minimum atomic E-state index is -0.594. The molecule has 3 N–H and O–H groups in total. The number of hydrogen-bond donors (Lipinski definition) is 2. The van der Waals surface area contributed by atoms with Crippen molar-refractivity contribution in [3.05, 3.63) is 57.3 Å². The Hall–Kier alpha value is -1.65. The van der Waals surface area contributed by atoms with Crippen LogP contribution in [0.4, 0.5) is 0 Å². The van der Waals surface area contributed by atoms with Crippen molar-refractivity contribution in [2.75, 3.05) is 0 Å². The number of aryl methyl sites for hydroxylation is 2. The Morgan fingerprint density at radius 2 is 2.10 bits per heavy atom. The van der Waals surface area contributed by atoms with Gasteiger partial charge < -0.3 is 11.1 Å². The molecule has 1 aromatic heterocycles. The molecule has 1 aliphatic rings. The summed E-state index contributed by atoms with van der Waals surface area (Å²) in [5, 5.41) is 2.93. The van der Waals surface area contributed by atoms with Crippen LogP contribution >= 0.6 is 11.3 Å². The second kappa shape index (κ2) is 5.77. The topological polar surface area (TPSA) is 55.1 Å². The van der Waals surface area contributed by atoms with Crippen LogP contribution in [0, 0.1) is 0 Å². The number of fused-ring (bicyclic) bond motifs is 1. The molecule has 0 radical (unpaired) electrons. The third-order valence-corrected chi connectivity index (χ3v) is 4.91. The van der Waals surface area contributed by atoms with Gasteiger partial charge in [-0.1, -0.05) is 30.3 Å². The second-order valence-electron chi connectivity index (χ2n) is 5.12. The van der Waals surface area contributed by atoms with Crippen molar-refractivity contribution in [3.8, 4) is 0 Å². The number of rotatable bonds is 4. The zero-order valence-corrected chi connectivity index (χ0v) is 12.1. The molecular formula is C16H18N2OS. The molecule has 3 nitrogen and oxygen atoms in total. The first-order chi connectivity index (χ1) is 9.74. The van der Waals surface area contributed by atoms with Crippen LogP contribution in [-0.2, 0) is 24.2 Å². The number of thiophene rings is 1. The number of benzene rings is 1. The van der Waals surface area contributed by atoms with E-state index in [4.69, 9.17) is 5.73 Å². The van der Waals surface area contributed by atoms with E-state index in [1.807, 2.05) is 41.7 Å². The molecule has 1 amide bonds. The van der Waals surface area contributed by atoms with Crippen molar-refractivity contribution >= 4 is 17.2 Å². The summed E-state index contributed by atoms with van der Waals surface area (Å²) in [6.07, 6.45) is 3.65. The van der Waals surface area contributed by atoms with Crippen LogP contribution in [0.25, 0.3) is 0 Å². The van der Waals surface area contributed by atoms with E-state index in [1.165, 1.54) is 34.6 Å². The lowest BCUT2D eigenvalue weighted by Gasteiger charge is -2.11. The summed E-state index contributed by atoms with van der Waals surface area (Å²) in [5.74, 6) is -0.121. The number of carbonyl (C=O) groups is 1. The molecule has 0 saturated heterocycles. The van der Waals surface area contributed by atoms with Gasteiger partial charge in [0, 0.05) is 9.75 Å². The predicted octanol–water partition coefficient (Wildman–Crippen LogP) is 2.55. The van der Waals surface area contributed by atoms with Crippen LogP contribution in [0.15, 0.2) is 36.4 Å². The lowest BCUT2D eigenvalue weighted by atomic mass is 10.1. The molecule has 4 heteroatoms. The SMILES string of the molecule is N[C@H](C(=O)NCc1cc2c(s1)CCC2)c1ccccc1. The molecule has 20 heavy (non-hydrogen) atoms. The highest BCUT2D eigenvalue weighted by Crippen LogP contribution is 2.30. The van der Waals surface area contributed by atoms with Crippen molar-refractivity contribution in [3.63, 3.8) is 0 Å². The van der Waals surface area contributed by atoms with Gasteiger partial charge in [0.25, 0.3) is 0 Å². The standard InChI is InChI=1S/C16H18N2OS/c17-15(11-5-2-1-3-6-11)16(19)18-10-13-9-12-7-4-8-14(12)20-13/h1-3,5-6,9,15H,4,7-8,10,17H2,(H,18,19)/t15-/m0/s1. The van der Waals surface area contributed by atoms with Crippen LogP contribution in [0.1, 0.15) is 33.3 Å². The highest BCUT2D eigenvalue weighted by molar-refractivity contribution is 7.12. The first kappa shape index (κ1) is 13.3. The first-order valence-corrected chi connectivity index (χ1v) is 7.74. The van der Waals surface area contributed by atoms with E-state index in [0.717, 1.165) is 5.56 Å². The Bertz CT molecular complexity index is 585. The molecule has 0 saturated carbocycles. The van der Waals surface area contributed by atoms with Crippen LogP contribution in [0.3, 0.4) is 0 Å². The monoisotopic (exact) mass is 286 g/mol. The van der Waals surface area contributed by atoms with Crippen LogP contribution in [0.2, 0.25) is 0 Å². The zero-order chi connectivity index (χ0) is 13.9. The normalized spacial score (nSPS) is 14.8. The number of amides is 1. The van der Waals surface area contributed by atoms with Crippen molar-refractivity contribution in [1.82, 2.24) is 5.32 Å². The molecule has 0 bridgehead atoms. The van der Waals surface area contributed by atoms with Gasteiger partial charge in [-0.05, 0) is 36.5 Å². The Morgan fingerprint density at radius 1 is 1.30 bits per heavy atom. The Balaban J connectivity index is 1.59. The summed E-state index contributed by atoms with van der Waals surface area (Å²) < 4.78 is 0. The summed E-state index contributed by atoms with van der Waals surface area (Å²) in [6.45, 7) is 0.580. The highest BCUT2D eigenvalue weighted by atomic mass is 32.1. The van der Waals surface area contributed by atoms with E-state index in [0.29, 0.717) is 6.54 Å².